The van der Waals surface area contributed by atoms with Crippen molar-refractivity contribution < 1.29 is 14.7 Å². The summed E-state index contributed by atoms with van der Waals surface area (Å²) in [6, 6.07) is 24.1. The number of hydrogen-bond acceptors (Lipinski definition) is 3. The molecule has 0 aliphatic heterocycles. The molecule has 0 heterocycles. The summed E-state index contributed by atoms with van der Waals surface area (Å²) in [7, 11) is 0. The topological polar surface area (TPSA) is 66.4 Å². The Labute approximate surface area is 243 Å². The summed E-state index contributed by atoms with van der Waals surface area (Å²) in [5, 5.41) is 12.4. The maximum atomic E-state index is 13.3. The summed E-state index contributed by atoms with van der Waals surface area (Å²) >= 11 is 1.57. The Kier molecular flexibility index (Phi) is 11.6. The van der Waals surface area contributed by atoms with E-state index in [0.29, 0.717) is 29.6 Å². The molecule has 0 radical (unpaired) electrons. The number of amides is 1. The molecule has 1 fully saturated rings. The maximum absolute atomic E-state index is 13.3. The number of rotatable bonds is 10. The molecule has 1 amide bonds. The molecule has 38 heavy (non-hydrogen) atoms. The van der Waals surface area contributed by atoms with E-state index in [2.05, 4.69) is 47.8 Å². The molecule has 1 saturated carbocycles. The molecule has 1 aliphatic rings. The second-order valence-electron chi connectivity index (χ2n) is 10.2. The van der Waals surface area contributed by atoms with E-state index in [-0.39, 0.29) is 24.8 Å². The monoisotopic (exact) mass is 523 g/mol. The number of benzene rings is 3. The quantitative estimate of drug-likeness (QED) is 0.299. The van der Waals surface area contributed by atoms with Gasteiger partial charge in [-0.05, 0) is 103 Å². The van der Waals surface area contributed by atoms with E-state index in [1.807, 2.05) is 43.5 Å². The van der Waals surface area contributed by atoms with E-state index in [1.54, 1.807) is 11.8 Å². The van der Waals surface area contributed by atoms with Crippen LogP contribution in [0.1, 0.15) is 65.1 Å². The number of aryl methyl sites for hydroxylation is 1. The first-order valence-corrected chi connectivity index (χ1v) is 14.6. The van der Waals surface area contributed by atoms with E-state index in [0.717, 1.165) is 23.1 Å². The van der Waals surface area contributed by atoms with Crippen LogP contribution in [0, 0.1) is 12.8 Å². The van der Waals surface area contributed by atoms with E-state index in [4.69, 9.17) is 0 Å². The van der Waals surface area contributed by atoms with Crippen molar-refractivity contribution in [3.05, 3.63) is 95.1 Å². The first-order chi connectivity index (χ1) is 18.0. The molecule has 1 atom stereocenters. The van der Waals surface area contributed by atoms with E-state index >= 15 is 0 Å². The van der Waals surface area contributed by atoms with Gasteiger partial charge in [0.2, 0.25) is 0 Å². The van der Waals surface area contributed by atoms with Gasteiger partial charge < -0.3 is 10.4 Å². The average molecular weight is 524 g/mol. The Morgan fingerprint density at radius 3 is 2.29 bits per heavy atom. The van der Waals surface area contributed by atoms with Gasteiger partial charge >= 0.3 is 24.8 Å². The van der Waals surface area contributed by atoms with E-state index in [1.165, 1.54) is 36.8 Å². The summed E-state index contributed by atoms with van der Waals surface area (Å²) < 4.78 is 0. The zero-order chi connectivity index (χ0) is 26.2. The predicted octanol–water partition coefficient (Wildman–Crippen LogP) is 6.47. The molecule has 3 aromatic carbocycles. The van der Waals surface area contributed by atoms with Gasteiger partial charge in [-0.15, -0.1) is 0 Å². The minimum atomic E-state index is -0.998. The number of thioether (sulfide) groups is 1. The molecule has 3 aromatic rings. The van der Waals surface area contributed by atoms with Crippen LogP contribution in [0.2, 0.25) is 0 Å². The number of hydrogen-bond donors (Lipinski definition) is 2. The van der Waals surface area contributed by atoms with Crippen LogP contribution in [0.4, 0.5) is 0 Å². The second-order valence-corrected chi connectivity index (χ2v) is 11.2. The summed E-state index contributed by atoms with van der Waals surface area (Å²) in [4.78, 5) is 25.1. The molecule has 0 spiro atoms. The number of carbonyl (C=O) groups excluding carboxylic acids is 1. The molecule has 1 aliphatic carbocycles. The van der Waals surface area contributed by atoms with Crippen molar-refractivity contribution in [3.63, 3.8) is 0 Å². The van der Waals surface area contributed by atoms with Crippen LogP contribution in [0.5, 0.6) is 0 Å². The van der Waals surface area contributed by atoms with Gasteiger partial charge in [0.05, 0.1) is 0 Å². The SMILES string of the molecule is CSCCC(NC(=O)c1ccc(CC2CCC(c3ccccc3)CC2)cc1-c1ccccc1C)C(=O)O.[LiH]. The summed E-state index contributed by atoms with van der Waals surface area (Å²) in [6.07, 6.45) is 8.16. The zero-order valence-corrected chi connectivity index (χ0v) is 22.6. The Bertz CT molecular complexity index is 1210. The molecular formula is C32H38LiNO3S. The van der Waals surface area contributed by atoms with Crippen LogP contribution in [0.25, 0.3) is 11.1 Å². The zero-order valence-electron chi connectivity index (χ0n) is 21.8. The molecule has 2 N–H and O–H groups in total. The van der Waals surface area contributed by atoms with E-state index < -0.39 is 12.0 Å². The van der Waals surface area contributed by atoms with Crippen LogP contribution < -0.4 is 5.32 Å². The van der Waals surface area contributed by atoms with Gasteiger partial charge in [-0.1, -0.05) is 66.7 Å². The van der Waals surface area contributed by atoms with Crippen molar-refractivity contribution in [1.29, 1.82) is 0 Å². The van der Waals surface area contributed by atoms with Crippen molar-refractivity contribution >= 4 is 42.5 Å². The van der Waals surface area contributed by atoms with Gasteiger partial charge in [-0.2, -0.15) is 11.8 Å². The van der Waals surface area contributed by atoms with E-state index in [9.17, 15) is 14.7 Å². The Morgan fingerprint density at radius 1 is 0.947 bits per heavy atom. The van der Waals surface area contributed by atoms with Gasteiger partial charge in [-0.3, -0.25) is 4.79 Å². The molecular weight excluding hydrogens is 485 g/mol. The molecule has 4 rings (SSSR count). The summed E-state index contributed by atoms with van der Waals surface area (Å²) in [5.41, 5.74) is 6.19. The number of carbonyl (C=O) groups is 2. The number of carboxylic acid groups (broad SMARTS) is 1. The number of aliphatic carboxylic acids is 1. The van der Waals surface area contributed by atoms with Gasteiger partial charge in [0.15, 0.2) is 0 Å². The normalized spacial score (nSPS) is 17.7. The standard InChI is InChI=1S/C32H37NO3S.Li.H/c1-22-8-6-7-11-27(22)29-21-24(14-17-28(29)31(34)33-30(32(35)36)18-19-37-2)20-23-12-15-26(16-13-23)25-9-4-3-5-10-25;;/h3-11,14,17,21,23,26,30H,12-13,15-16,18-20H2,1-2H3,(H,33,34)(H,35,36);;. The van der Waals surface area contributed by atoms with Crippen molar-refractivity contribution in [2.45, 2.75) is 57.4 Å². The molecule has 0 aromatic heterocycles. The summed E-state index contributed by atoms with van der Waals surface area (Å²) in [5.74, 6) is 0.628. The Morgan fingerprint density at radius 2 is 1.63 bits per heavy atom. The predicted molar refractivity (Wildman–Crippen MR) is 160 cm³/mol. The van der Waals surface area contributed by atoms with Crippen molar-refractivity contribution in [2.24, 2.45) is 5.92 Å². The van der Waals surface area contributed by atoms with Crippen molar-refractivity contribution in [2.75, 3.05) is 12.0 Å². The molecule has 1 unspecified atom stereocenters. The van der Waals surface area contributed by atoms with Gasteiger partial charge in [0.1, 0.15) is 6.04 Å². The number of carboxylic acids is 1. The fraction of sp³-hybridized carbons (Fsp3) is 0.375. The fourth-order valence-electron chi connectivity index (χ4n) is 5.50. The Balaban J connectivity index is 0.00000400. The van der Waals surface area contributed by atoms with Crippen LogP contribution in [-0.2, 0) is 11.2 Å². The van der Waals surface area contributed by atoms with Gasteiger partial charge in [0, 0.05) is 5.56 Å². The van der Waals surface area contributed by atoms with Crippen molar-refractivity contribution in [3.8, 4) is 11.1 Å². The third kappa shape index (κ3) is 7.79. The molecule has 196 valence electrons. The van der Waals surface area contributed by atoms with Gasteiger partial charge in [-0.25, -0.2) is 4.79 Å². The molecule has 0 saturated heterocycles. The van der Waals surface area contributed by atoms with Crippen LogP contribution in [0.15, 0.2) is 72.8 Å². The van der Waals surface area contributed by atoms with Gasteiger partial charge in [0.25, 0.3) is 5.91 Å². The summed E-state index contributed by atoms with van der Waals surface area (Å²) in [6.45, 7) is 2.05. The first-order valence-electron chi connectivity index (χ1n) is 13.2. The fourth-order valence-corrected chi connectivity index (χ4v) is 5.97. The van der Waals surface area contributed by atoms with Crippen molar-refractivity contribution in [1.82, 2.24) is 5.32 Å². The average Bonchev–Trinajstić information content (AvgIpc) is 2.92. The van der Waals surface area contributed by atoms with Crippen LogP contribution in [-0.4, -0.2) is 53.9 Å². The number of nitrogens with one attached hydrogen (secondary N) is 1. The third-order valence-corrected chi connectivity index (χ3v) is 8.26. The first kappa shape index (κ1) is 30.1. The van der Waals surface area contributed by atoms with Crippen LogP contribution >= 0.6 is 11.8 Å². The molecule has 4 nitrogen and oxygen atoms in total. The molecule has 6 heteroatoms. The van der Waals surface area contributed by atoms with Crippen LogP contribution in [0.3, 0.4) is 0 Å². The Hall–Kier alpha value is -2.45. The minimum absolute atomic E-state index is 0. The molecule has 0 bridgehead atoms. The second kappa shape index (κ2) is 14.6. The third-order valence-electron chi connectivity index (χ3n) is 7.62.